The molecule has 0 spiro atoms. The maximum absolute atomic E-state index is 6.60. The lowest BCUT2D eigenvalue weighted by molar-refractivity contribution is 0.0814. The number of rotatable bonds is 4. The Morgan fingerprint density at radius 3 is 2.71 bits per heavy atom. The Balaban J connectivity index is 2.04. The quantitative estimate of drug-likeness (QED) is 0.932. The third-order valence-electron chi connectivity index (χ3n) is 4.62. The van der Waals surface area contributed by atoms with E-state index < -0.39 is 0 Å². The Labute approximate surface area is 126 Å². The van der Waals surface area contributed by atoms with Crippen molar-refractivity contribution < 1.29 is 9.47 Å². The number of methoxy groups -OCH3 is 1. The van der Waals surface area contributed by atoms with Gasteiger partial charge in [0.05, 0.1) is 13.2 Å². The van der Waals surface area contributed by atoms with E-state index in [2.05, 4.69) is 31.2 Å². The molecule has 1 aliphatic rings. The number of fused-ring (bicyclic) bond motifs is 1. The highest BCUT2D eigenvalue weighted by Crippen LogP contribution is 2.38. The van der Waals surface area contributed by atoms with Crippen LogP contribution in [0.4, 0.5) is 0 Å². The Morgan fingerprint density at radius 1 is 1.24 bits per heavy atom. The molecule has 2 N–H and O–H groups in total. The van der Waals surface area contributed by atoms with Crippen LogP contribution in [-0.4, -0.2) is 19.8 Å². The maximum atomic E-state index is 6.60. The molecular weight excluding hydrogens is 262 g/mol. The predicted octanol–water partition coefficient (Wildman–Crippen LogP) is 3.66. The second-order valence-corrected chi connectivity index (χ2v) is 5.70. The van der Waals surface area contributed by atoms with Crippen LogP contribution in [0, 0.1) is 5.92 Å². The van der Waals surface area contributed by atoms with Crippen molar-refractivity contribution in [3.8, 4) is 5.75 Å². The molecule has 3 unspecified atom stereocenters. The molecule has 0 aromatic heterocycles. The van der Waals surface area contributed by atoms with Gasteiger partial charge in [-0.2, -0.15) is 0 Å². The summed E-state index contributed by atoms with van der Waals surface area (Å²) in [7, 11) is 1.71. The average molecular weight is 285 g/mol. The van der Waals surface area contributed by atoms with Gasteiger partial charge < -0.3 is 15.2 Å². The molecule has 1 fully saturated rings. The normalized spacial score (nSPS) is 23.4. The molecule has 2 aromatic rings. The van der Waals surface area contributed by atoms with Gasteiger partial charge in [-0.15, -0.1) is 0 Å². The molecule has 3 heteroatoms. The molecule has 0 radical (unpaired) electrons. The Morgan fingerprint density at radius 2 is 2.00 bits per heavy atom. The van der Waals surface area contributed by atoms with Crippen LogP contribution in [0.15, 0.2) is 36.4 Å². The lowest BCUT2D eigenvalue weighted by atomic mass is 9.85. The number of ether oxygens (including phenoxy) is 2. The topological polar surface area (TPSA) is 44.5 Å². The van der Waals surface area contributed by atoms with E-state index in [4.69, 9.17) is 15.2 Å². The molecule has 2 aromatic carbocycles. The molecule has 0 aliphatic carbocycles. The molecule has 0 saturated carbocycles. The lowest BCUT2D eigenvalue weighted by Crippen LogP contribution is -2.28. The van der Waals surface area contributed by atoms with E-state index in [1.54, 1.807) is 7.11 Å². The van der Waals surface area contributed by atoms with Gasteiger partial charge in [-0.05, 0) is 29.9 Å². The summed E-state index contributed by atoms with van der Waals surface area (Å²) >= 11 is 0. The summed E-state index contributed by atoms with van der Waals surface area (Å²) in [6.45, 7) is 2.99. The average Bonchev–Trinajstić information content (AvgIpc) is 3.01. The molecule has 0 bridgehead atoms. The molecule has 112 valence electrons. The number of hydrogen-bond acceptors (Lipinski definition) is 3. The third-order valence-corrected chi connectivity index (χ3v) is 4.62. The highest BCUT2D eigenvalue weighted by Gasteiger charge is 2.33. The maximum Gasteiger partial charge on any atom is 0.126 e. The van der Waals surface area contributed by atoms with Gasteiger partial charge in [0.1, 0.15) is 5.75 Å². The zero-order valence-corrected chi connectivity index (χ0v) is 12.7. The van der Waals surface area contributed by atoms with E-state index in [1.807, 2.05) is 12.1 Å². The van der Waals surface area contributed by atoms with Crippen molar-refractivity contribution in [2.45, 2.75) is 31.9 Å². The molecular formula is C18H23NO2. The lowest BCUT2D eigenvalue weighted by Gasteiger charge is -2.25. The monoisotopic (exact) mass is 285 g/mol. The number of benzene rings is 2. The fourth-order valence-electron chi connectivity index (χ4n) is 3.49. The van der Waals surface area contributed by atoms with E-state index in [9.17, 15) is 0 Å². The van der Waals surface area contributed by atoms with Crippen molar-refractivity contribution in [2.24, 2.45) is 11.7 Å². The van der Waals surface area contributed by atoms with E-state index >= 15 is 0 Å². The largest absolute Gasteiger partial charge is 0.496 e. The summed E-state index contributed by atoms with van der Waals surface area (Å²) in [4.78, 5) is 0. The van der Waals surface area contributed by atoms with Crippen molar-refractivity contribution in [3.63, 3.8) is 0 Å². The van der Waals surface area contributed by atoms with Crippen LogP contribution in [0.3, 0.4) is 0 Å². The molecule has 1 aliphatic heterocycles. The van der Waals surface area contributed by atoms with E-state index in [0.29, 0.717) is 5.92 Å². The predicted molar refractivity (Wildman–Crippen MR) is 85.6 cm³/mol. The first-order valence-electron chi connectivity index (χ1n) is 7.69. The molecule has 3 nitrogen and oxygen atoms in total. The Kier molecular flexibility index (Phi) is 4.13. The first-order chi connectivity index (χ1) is 10.3. The molecule has 21 heavy (non-hydrogen) atoms. The van der Waals surface area contributed by atoms with Crippen LogP contribution in [0.5, 0.6) is 5.75 Å². The molecule has 3 rings (SSSR count). The van der Waals surface area contributed by atoms with Crippen molar-refractivity contribution >= 4 is 10.8 Å². The summed E-state index contributed by atoms with van der Waals surface area (Å²) in [5.74, 6) is 1.29. The summed E-state index contributed by atoms with van der Waals surface area (Å²) in [6, 6.07) is 12.4. The van der Waals surface area contributed by atoms with Gasteiger partial charge in [-0.3, -0.25) is 0 Å². The number of hydrogen-bond donors (Lipinski definition) is 1. The van der Waals surface area contributed by atoms with Crippen molar-refractivity contribution in [1.29, 1.82) is 0 Å². The highest BCUT2D eigenvalue weighted by molar-refractivity contribution is 5.91. The van der Waals surface area contributed by atoms with Crippen molar-refractivity contribution in [3.05, 3.63) is 42.0 Å². The molecule has 0 amide bonds. The van der Waals surface area contributed by atoms with Crippen LogP contribution in [0.25, 0.3) is 10.8 Å². The van der Waals surface area contributed by atoms with Crippen LogP contribution in [0.2, 0.25) is 0 Å². The minimum Gasteiger partial charge on any atom is -0.496 e. The minimum absolute atomic E-state index is 0.00764. The fourth-order valence-corrected chi connectivity index (χ4v) is 3.49. The van der Waals surface area contributed by atoms with Crippen LogP contribution < -0.4 is 10.5 Å². The van der Waals surface area contributed by atoms with Crippen LogP contribution >= 0.6 is 0 Å². The van der Waals surface area contributed by atoms with E-state index in [1.165, 1.54) is 10.9 Å². The summed E-state index contributed by atoms with van der Waals surface area (Å²) in [5, 5.41) is 2.31. The third kappa shape index (κ3) is 2.52. The van der Waals surface area contributed by atoms with Gasteiger partial charge in [-0.25, -0.2) is 0 Å². The minimum atomic E-state index is 0.00764. The van der Waals surface area contributed by atoms with Crippen molar-refractivity contribution in [1.82, 2.24) is 0 Å². The van der Waals surface area contributed by atoms with Crippen LogP contribution in [-0.2, 0) is 4.74 Å². The highest BCUT2D eigenvalue weighted by atomic mass is 16.5. The standard InChI is InChI=1S/C18H23NO2/c1-3-16-15(10-11-21-16)18(19)14-8-9-17(20-2)13-7-5-4-6-12(13)14/h4-9,15-16,18H,3,10-11,19H2,1-2H3. The van der Waals surface area contributed by atoms with Gasteiger partial charge in [0.15, 0.2) is 0 Å². The first kappa shape index (κ1) is 14.4. The first-order valence-corrected chi connectivity index (χ1v) is 7.69. The zero-order valence-electron chi connectivity index (χ0n) is 12.7. The second kappa shape index (κ2) is 6.04. The second-order valence-electron chi connectivity index (χ2n) is 5.70. The molecule has 1 saturated heterocycles. The van der Waals surface area contributed by atoms with Crippen LogP contribution in [0.1, 0.15) is 31.4 Å². The zero-order chi connectivity index (χ0) is 14.8. The SMILES string of the molecule is CCC1OCCC1C(N)c1ccc(OC)c2ccccc12. The fraction of sp³-hybridized carbons (Fsp3) is 0.444. The van der Waals surface area contributed by atoms with Gasteiger partial charge >= 0.3 is 0 Å². The smallest absolute Gasteiger partial charge is 0.126 e. The van der Waals surface area contributed by atoms with Gasteiger partial charge in [-0.1, -0.05) is 37.3 Å². The van der Waals surface area contributed by atoms with E-state index in [-0.39, 0.29) is 12.1 Å². The van der Waals surface area contributed by atoms with Gasteiger partial charge in [0, 0.05) is 24.0 Å². The molecule has 1 heterocycles. The molecule has 3 atom stereocenters. The summed E-state index contributed by atoms with van der Waals surface area (Å²) in [5.41, 5.74) is 7.80. The summed E-state index contributed by atoms with van der Waals surface area (Å²) < 4.78 is 11.3. The Bertz CT molecular complexity index is 626. The van der Waals surface area contributed by atoms with E-state index in [0.717, 1.165) is 30.6 Å². The summed E-state index contributed by atoms with van der Waals surface area (Å²) in [6.07, 6.45) is 2.34. The number of nitrogens with two attached hydrogens (primary N) is 1. The van der Waals surface area contributed by atoms with Gasteiger partial charge in [0.25, 0.3) is 0 Å². The van der Waals surface area contributed by atoms with Crippen molar-refractivity contribution in [2.75, 3.05) is 13.7 Å². The Hall–Kier alpha value is -1.58. The van der Waals surface area contributed by atoms with Gasteiger partial charge in [0.2, 0.25) is 0 Å².